The van der Waals surface area contributed by atoms with Gasteiger partial charge in [-0.05, 0) is 25.3 Å². The van der Waals surface area contributed by atoms with E-state index in [0.29, 0.717) is 13.0 Å². The van der Waals surface area contributed by atoms with Crippen LogP contribution in [0.2, 0.25) is 0 Å². The van der Waals surface area contributed by atoms with Gasteiger partial charge in [-0.1, -0.05) is 18.2 Å². The largest absolute Gasteiger partial charge is 0.545 e. The summed E-state index contributed by atoms with van der Waals surface area (Å²) in [5, 5.41) is 16.3. The van der Waals surface area contributed by atoms with Crippen molar-refractivity contribution in [1.82, 2.24) is 10.6 Å². The predicted molar refractivity (Wildman–Crippen MR) is 68.9 cm³/mol. The van der Waals surface area contributed by atoms with Gasteiger partial charge < -0.3 is 20.5 Å². The highest BCUT2D eigenvalue weighted by Gasteiger charge is 2.23. The molecular weight excluding hydrogens is 260 g/mol. The Morgan fingerprint density at radius 2 is 1.90 bits per heavy atom. The van der Waals surface area contributed by atoms with E-state index in [0.717, 1.165) is 12.8 Å². The first-order chi connectivity index (χ1) is 9.59. The lowest BCUT2D eigenvalue weighted by Gasteiger charge is -2.17. The standard InChI is InChI=1S/C14H16N2O4/c17-12(9-5-1-2-6-10(9)14(19)20)16-11-7-3-4-8-15-13(11)18/h1-2,5-6,11H,3-4,7-8H2,(H,15,18)(H,16,17)(H,19,20)/p-1/t11-/m0/s1. The summed E-state index contributed by atoms with van der Waals surface area (Å²) in [6.07, 6.45) is 2.24. The smallest absolute Gasteiger partial charge is 0.252 e. The van der Waals surface area contributed by atoms with Gasteiger partial charge in [0.2, 0.25) is 5.91 Å². The maximum absolute atomic E-state index is 12.1. The van der Waals surface area contributed by atoms with Crippen LogP contribution in [0.4, 0.5) is 0 Å². The van der Waals surface area contributed by atoms with E-state index in [1.165, 1.54) is 18.2 Å². The fraction of sp³-hybridized carbons (Fsp3) is 0.357. The van der Waals surface area contributed by atoms with Gasteiger partial charge >= 0.3 is 0 Å². The van der Waals surface area contributed by atoms with E-state index in [1.807, 2.05) is 0 Å². The number of rotatable bonds is 3. The molecule has 0 aromatic heterocycles. The van der Waals surface area contributed by atoms with Gasteiger partial charge in [0.05, 0.1) is 5.97 Å². The Hall–Kier alpha value is -2.37. The maximum Gasteiger partial charge on any atom is 0.252 e. The molecule has 2 N–H and O–H groups in total. The van der Waals surface area contributed by atoms with Crippen molar-refractivity contribution in [3.05, 3.63) is 35.4 Å². The van der Waals surface area contributed by atoms with E-state index in [4.69, 9.17) is 0 Å². The molecule has 1 aliphatic rings. The molecule has 0 saturated carbocycles. The van der Waals surface area contributed by atoms with Gasteiger partial charge in [-0.2, -0.15) is 0 Å². The molecule has 1 heterocycles. The lowest BCUT2D eigenvalue weighted by Crippen LogP contribution is -2.46. The van der Waals surface area contributed by atoms with Crippen LogP contribution in [0.5, 0.6) is 0 Å². The van der Waals surface area contributed by atoms with E-state index in [9.17, 15) is 19.5 Å². The van der Waals surface area contributed by atoms with E-state index in [2.05, 4.69) is 10.6 Å². The third-order valence-corrected chi connectivity index (χ3v) is 3.23. The molecule has 1 aromatic carbocycles. The van der Waals surface area contributed by atoms with Crippen molar-refractivity contribution in [2.75, 3.05) is 6.54 Å². The molecule has 1 aliphatic heterocycles. The fourth-order valence-electron chi connectivity index (χ4n) is 2.17. The molecule has 0 spiro atoms. The lowest BCUT2D eigenvalue weighted by molar-refractivity contribution is -0.255. The van der Waals surface area contributed by atoms with Crippen molar-refractivity contribution in [2.45, 2.75) is 25.3 Å². The van der Waals surface area contributed by atoms with Crippen LogP contribution >= 0.6 is 0 Å². The van der Waals surface area contributed by atoms with Crippen LogP contribution in [0.3, 0.4) is 0 Å². The highest BCUT2D eigenvalue weighted by Crippen LogP contribution is 2.10. The zero-order valence-corrected chi connectivity index (χ0v) is 10.8. The Bertz CT molecular complexity index is 542. The minimum absolute atomic E-state index is 0.00421. The topological polar surface area (TPSA) is 98.3 Å². The van der Waals surface area contributed by atoms with Gasteiger partial charge in [0.15, 0.2) is 0 Å². The van der Waals surface area contributed by atoms with Gasteiger partial charge in [0.25, 0.3) is 5.91 Å². The highest BCUT2D eigenvalue weighted by atomic mass is 16.4. The Labute approximate surface area is 116 Å². The van der Waals surface area contributed by atoms with Gasteiger partial charge in [-0.15, -0.1) is 0 Å². The van der Waals surface area contributed by atoms with E-state index in [1.54, 1.807) is 6.07 Å². The molecular formula is C14H15N2O4-. The van der Waals surface area contributed by atoms with Crippen molar-refractivity contribution in [3.63, 3.8) is 0 Å². The number of benzene rings is 1. The first kappa shape index (κ1) is 14.0. The monoisotopic (exact) mass is 275 g/mol. The number of aromatic carboxylic acids is 1. The summed E-state index contributed by atoms with van der Waals surface area (Å²) in [7, 11) is 0. The van der Waals surface area contributed by atoms with Crippen LogP contribution < -0.4 is 15.7 Å². The van der Waals surface area contributed by atoms with Crippen LogP contribution in [0.15, 0.2) is 24.3 Å². The number of nitrogens with one attached hydrogen (secondary N) is 2. The molecule has 1 fully saturated rings. The van der Waals surface area contributed by atoms with E-state index in [-0.39, 0.29) is 17.0 Å². The second kappa shape index (κ2) is 6.18. The summed E-state index contributed by atoms with van der Waals surface area (Å²) < 4.78 is 0. The van der Waals surface area contributed by atoms with Gasteiger partial charge in [0, 0.05) is 17.7 Å². The quantitative estimate of drug-likeness (QED) is 0.773. The summed E-state index contributed by atoms with van der Waals surface area (Å²) in [5.74, 6) is -2.23. The molecule has 1 atom stereocenters. The van der Waals surface area contributed by atoms with Gasteiger partial charge in [-0.3, -0.25) is 9.59 Å². The minimum Gasteiger partial charge on any atom is -0.545 e. The molecule has 1 saturated heterocycles. The number of hydrogen-bond donors (Lipinski definition) is 2. The van der Waals surface area contributed by atoms with Crippen molar-refractivity contribution in [1.29, 1.82) is 0 Å². The first-order valence-electron chi connectivity index (χ1n) is 6.48. The van der Waals surface area contributed by atoms with Crippen LogP contribution in [0.25, 0.3) is 0 Å². The number of hydrogen-bond acceptors (Lipinski definition) is 4. The van der Waals surface area contributed by atoms with E-state index < -0.39 is 17.9 Å². The maximum atomic E-state index is 12.1. The number of carbonyl (C=O) groups excluding carboxylic acids is 3. The third-order valence-electron chi connectivity index (χ3n) is 3.23. The summed E-state index contributed by atoms with van der Waals surface area (Å²) in [5.41, 5.74) is -0.177. The molecule has 0 radical (unpaired) electrons. The Kier molecular flexibility index (Phi) is 4.34. The molecule has 2 amide bonds. The molecule has 0 aliphatic carbocycles. The molecule has 1 aromatic rings. The van der Waals surface area contributed by atoms with Crippen LogP contribution in [-0.2, 0) is 4.79 Å². The fourth-order valence-corrected chi connectivity index (χ4v) is 2.17. The number of carbonyl (C=O) groups is 3. The zero-order valence-electron chi connectivity index (χ0n) is 10.8. The molecule has 6 nitrogen and oxygen atoms in total. The summed E-state index contributed by atoms with van der Waals surface area (Å²) in [6, 6.07) is 5.15. The normalized spacial score (nSPS) is 18.8. The Balaban J connectivity index is 2.15. The third kappa shape index (κ3) is 3.14. The SMILES string of the molecule is O=C([O-])c1ccccc1C(=O)N[C@H]1CCCCNC1=O. The number of carboxylic acid groups (broad SMARTS) is 1. The average molecular weight is 275 g/mol. The second-order valence-corrected chi connectivity index (χ2v) is 4.65. The zero-order chi connectivity index (χ0) is 14.5. The van der Waals surface area contributed by atoms with E-state index >= 15 is 0 Å². The van der Waals surface area contributed by atoms with Gasteiger partial charge in [0.1, 0.15) is 6.04 Å². The minimum atomic E-state index is -1.42. The molecule has 2 rings (SSSR count). The number of amides is 2. The summed E-state index contributed by atoms with van der Waals surface area (Å²) in [6.45, 7) is 0.598. The van der Waals surface area contributed by atoms with Crippen LogP contribution in [-0.4, -0.2) is 30.4 Å². The van der Waals surface area contributed by atoms with Crippen molar-refractivity contribution >= 4 is 17.8 Å². The summed E-state index contributed by atoms with van der Waals surface area (Å²) >= 11 is 0. The van der Waals surface area contributed by atoms with Gasteiger partial charge in [-0.25, -0.2) is 0 Å². The average Bonchev–Trinajstić information content (AvgIpc) is 2.64. The number of carboxylic acids is 1. The summed E-state index contributed by atoms with van der Waals surface area (Å²) in [4.78, 5) is 34.8. The molecule has 0 bridgehead atoms. The van der Waals surface area contributed by atoms with Crippen molar-refractivity contribution < 1.29 is 19.5 Å². The highest BCUT2D eigenvalue weighted by molar-refractivity contribution is 6.05. The second-order valence-electron chi connectivity index (χ2n) is 4.65. The van der Waals surface area contributed by atoms with Crippen LogP contribution in [0, 0.1) is 0 Å². The molecule has 6 heteroatoms. The van der Waals surface area contributed by atoms with Crippen LogP contribution in [0.1, 0.15) is 40.0 Å². The molecule has 106 valence electrons. The molecule has 0 unspecified atom stereocenters. The van der Waals surface area contributed by atoms with Crippen molar-refractivity contribution in [2.24, 2.45) is 0 Å². The Morgan fingerprint density at radius 3 is 2.60 bits per heavy atom. The lowest BCUT2D eigenvalue weighted by atomic mass is 10.1. The van der Waals surface area contributed by atoms with Crippen molar-refractivity contribution in [3.8, 4) is 0 Å². The predicted octanol–water partition coefficient (Wildman–Crippen LogP) is -0.551. The molecule has 20 heavy (non-hydrogen) atoms. The Morgan fingerprint density at radius 1 is 1.20 bits per heavy atom. The first-order valence-corrected chi connectivity index (χ1v) is 6.48.